The van der Waals surface area contributed by atoms with Gasteiger partial charge in [0.05, 0.1) is 5.25 Å². The Balaban J connectivity index is 2.13. The summed E-state index contributed by atoms with van der Waals surface area (Å²) in [5.41, 5.74) is 7.28. The van der Waals surface area contributed by atoms with Crippen LogP contribution in [0.4, 0.5) is 5.69 Å². The predicted molar refractivity (Wildman–Crippen MR) is 101 cm³/mol. The molecule has 0 saturated heterocycles. The topological polar surface area (TPSA) is 54.9 Å². The Morgan fingerprint density at radius 1 is 1.00 bits per heavy atom. The molecule has 0 spiro atoms. The molecule has 1 heterocycles. The molecule has 1 amide bonds. The Morgan fingerprint density at radius 3 is 2.00 bits per heavy atom. The van der Waals surface area contributed by atoms with Crippen molar-refractivity contribution < 1.29 is 4.79 Å². The number of thioether (sulfide) groups is 1. The summed E-state index contributed by atoms with van der Waals surface area (Å²) < 4.78 is 0. The minimum Gasteiger partial charge on any atom is -0.325 e. The lowest BCUT2D eigenvalue weighted by molar-refractivity contribution is -0.115. The first kappa shape index (κ1) is 18.5. The number of benzene rings is 1. The average molecular weight is 343 g/mol. The molecule has 0 fully saturated rings. The molecule has 0 aliphatic carbocycles. The number of nitrogens with zero attached hydrogens (tertiary/aromatic N) is 2. The summed E-state index contributed by atoms with van der Waals surface area (Å²) >= 11 is 1.39. The molecule has 0 aliphatic rings. The fraction of sp³-hybridized carbons (Fsp3) is 0.421. The van der Waals surface area contributed by atoms with Gasteiger partial charge in [-0.05, 0) is 65.2 Å². The van der Waals surface area contributed by atoms with Gasteiger partial charge in [0.1, 0.15) is 0 Å². The first-order chi connectivity index (χ1) is 11.2. The van der Waals surface area contributed by atoms with Crippen LogP contribution in [0.3, 0.4) is 0 Å². The normalized spacial score (nSPS) is 12.1. The van der Waals surface area contributed by atoms with Gasteiger partial charge >= 0.3 is 0 Å². The van der Waals surface area contributed by atoms with Crippen LogP contribution in [0.2, 0.25) is 0 Å². The van der Waals surface area contributed by atoms with Crippen molar-refractivity contribution in [3.63, 3.8) is 0 Å². The van der Waals surface area contributed by atoms with E-state index in [0.717, 1.165) is 33.8 Å². The highest BCUT2D eigenvalue weighted by atomic mass is 32.2. The molecule has 0 bridgehead atoms. The lowest BCUT2D eigenvalue weighted by atomic mass is 10.1. The summed E-state index contributed by atoms with van der Waals surface area (Å²) in [7, 11) is 0. The van der Waals surface area contributed by atoms with Crippen LogP contribution in [0.5, 0.6) is 0 Å². The lowest BCUT2D eigenvalue weighted by Gasteiger charge is -2.16. The molecule has 4 nitrogen and oxygen atoms in total. The zero-order chi connectivity index (χ0) is 18.0. The largest absolute Gasteiger partial charge is 0.325 e. The number of hydrogen-bond donors (Lipinski definition) is 1. The van der Waals surface area contributed by atoms with Crippen molar-refractivity contribution in [1.82, 2.24) is 9.97 Å². The summed E-state index contributed by atoms with van der Waals surface area (Å²) in [6.07, 6.45) is 0. The molecular weight excluding hydrogens is 318 g/mol. The maximum atomic E-state index is 12.6. The molecule has 5 heteroatoms. The van der Waals surface area contributed by atoms with Crippen LogP contribution in [-0.4, -0.2) is 21.1 Å². The highest BCUT2D eigenvalue weighted by molar-refractivity contribution is 8.00. The molecule has 2 aromatic rings. The third-order valence-electron chi connectivity index (χ3n) is 4.19. The third kappa shape index (κ3) is 4.15. The van der Waals surface area contributed by atoms with Crippen molar-refractivity contribution in [2.45, 2.75) is 58.9 Å². The standard InChI is InChI=1S/C19H25N3OS/c1-10-8-11(2)17(12(3)9-10)22-18(23)16(7)24-19-20-14(5)13(4)15(6)21-19/h8-9,16H,1-7H3,(H,22,23)/t16-/m1/s1. The molecule has 1 aromatic heterocycles. The second kappa shape index (κ2) is 7.34. The Bertz CT molecular complexity index is 740. The monoisotopic (exact) mass is 343 g/mol. The third-order valence-corrected chi connectivity index (χ3v) is 5.15. The van der Waals surface area contributed by atoms with Gasteiger partial charge < -0.3 is 5.32 Å². The molecule has 0 unspecified atom stereocenters. The Hall–Kier alpha value is -1.88. The second-order valence-corrected chi connectivity index (χ2v) is 7.63. The lowest BCUT2D eigenvalue weighted by Crippen LogP contribution is -2.23. The van der Waals surface area contributed by atoms with E-state index >= 15 is 0 Å². The van der Waals surface area contributed by atoms with E-state index in [0.29, 0.717) is 5.16 Å². The van der Waals surface area contributed by atoms with Gasteiger partial charge in [0, 0.05) is 17.1 Å². The minimum atomic E-state index is -0.272. The number of carbonyl (C=O) groups is 1. The number of nitrogens with one attached hydrogen (secondary N) is 1. The van der Waals surface area contributed by atoms with Gasteiger partial charge in [0.2, 0.25) is 5.91 Å². The minimum absolute atomic E-state index is 0.0328. The highest BCUT2D eigenvalue weighted by Gasteiger charge is 2.18. The van der Waals surface area contributed by atoms with Crippen LogP contribution < -0.4 is 5.32 Å². The van der Waals surface area contributed by atoms with Crippen molar-refractivity contribution in [3.05, 3.63) is 45.8 Å². The van der Waals surface area contributed by atoms with Crippen molar-refractivity contribution >= 4 is 23.4 Å². The van der Waals surface area contributed by atoms with E-state index < -0.39 is 0 Å². The first-order valence-corrected chi connectivity index (χ1v) is 8.94. The van der Waals surface area contributed by atoms with E-state index in [-0.39, 0.29) is 11.2 Å². The zero-order valence-electron chi connectivity index (χ0n) is 15.4. The van der Waals surface area contributed by atoms with E-state index in [2.05, 4.69) is 34.3 Å². The molecule has 0 aliphatic heterocycles. The molecule has 1 N–H and O–H groups in total. The van der Waals surface area contributed by atoms with E-state index in [1.165, 1.54) is 17.3 Å². The SMILES string of the molecule is Cc1cc(C)c(NC(=O)[C@@H](C)Sc2nc(C)c(C)c(C)n2)c(C)c1. The highest BCUT2D eigenvalue weighted by Crippen LogP contribution is 2.26. The zero-order valence-corrected chi connectivity index (χ0v) is 16.3. The van der Waals surface area contributed by atoms with Crippen molar-refractivity contribution in [2.75, 3.05) is 5.32 Å². The second-order valence-electron chi connectivity index (χ2n) is 6.33. The number of carbonyl (C=O) groups excluding carboxylic acids is 1. The first-order valence-electron chi connectivity index (χ1n) is 8.06. The maximum absolute atomic E-state index is 12.6. The summed E-state index contributed by atoms with van der Waals surface area (Å²) in [5.74, 6) is -0.0328. The van der Waals surface area contributed by atoms with Crippen molar-refractivity contribution in [1.29, 1.82) is 0 Å². The summed E-state index contributed by atoms with van der Waals surface area (Å²) in [5, 5.41) is 3.43. The van der Waals surface area contributed by atoms with Crippen LogP contribution in [0.15, 0.2) is 17.3 Å². The number of anilines is 1. The molecule has 24 heavy (non-hydrogen) atoms. The van der Waals surface area contributed by atoms with Crippen LogP contribution in [0, 0.1) is 41.5 Å². The average Bonchev–Trinajstić information content (AvgIpc) is 2.48. The summed E-state index contributed by atoms with van der Waals surface area (Å²) in [6, 6.07) is 4.16. The van der Waals surface area contributed by atoms with Gasteiger partial charge in [-0.15, -0.1) is 0 Å². The van der Waals surface area contributed by atoms with Gasteiger partial charge in [-0.25, -0.2) is 9.97 Å². The molecule has 0 saturated carbocycles. The molecule has 1 atom stereocenters. The van der Waals surface area contributed by atoms with Crippen molar-refractivity contribution in [2.24, 2.45) is 0 Å². The predicted octanol–water partition coefficient (Wildman–Crippen LogP) is 4.45. The Morgan fingerprint density at radius 2 is 1.50 bits per heavy atom. The Labute approximate surface area is 148 Å². The number of hydrogen-bond acceptors (Lipinski definition) is 4. The molecular formula is C19H25N3OS. The maximum Gasteiger partial charge on any atom is 0.237 e. The summed E-state index contributed by atoms with van der Waals surface area (Å²) in [4.78, 5) is 21.5. The molecule has 2 rings (SSSR count). The van der Waals surface area contributed by atoms with Crippen LogP contribution in [0.1, 0.15) is 40.6 Å². The number of aryl methyl sites for hydroxylation is 5. The van der Waals surface area contributed by atoms with E-state index in [1.807, 2.05) is 41.5 Å². The summed E-state index contributed by atoms with van der Waals surface area (Å²) in [6.45, 7) is 13.9. The number of aromatic nitrogens is 2. The molecule has 1 aromatic carbocycles. The van der Waals surface area contributed by atoms with Crippen LogP contribution in [-0.2, 0) is 4.79 Å². The van der Waals surface area contributed by atoms with E-state index in [1.54, 1.807) is 0 Å². The fourth-order valence-electron chi connectivity index (χ4n) is 2.61. The quantitative estimate of drug-likeness (QED) is 0.658. The number of amides is 1. The smallest absolute Gasteiger partial charge is 0.237 e. The van der Waals surface area contributed by atoms with Gasteiger partial charge in [-0.1, -0.05) is 29.5 Å². The van der Waals surface area contributed by atoms with E-state index in [9.17, 15) is 4.79 Å². The van der Waals surface area contributed by atoms with Gasteiger partial charge in [0.15, 0.2) is 5.16 Å². The van der Waals surface area contributed by atoms with Crippen molar-refractivity contribution in [3.8, 4) is 0 Å². The van der Waals surface area contributed by atoms with Crippen LogP contribution in [0.25, 0.3) is 0 Å². The Kier molecular flexibility index (Phi) is 5.65. The molecule has 128 valence electrons. The number of rotatable bonds is 4. The van der Waals surface area contributed by atoms with Crippen LogP contribution >= 0.6 is 11.8 Å². The van der Waals surface area contributed by atoms with Gasteiger partial charge in [-0.3, -0.25) is 4.79 Å². The van der Waals surface area contributed by atoms with Gasteiger partial charge in [-0.2, -0.15) is 0 Å². The fourth-order valence-corrected chi connectivity index (χ4v) is 3.47. The van der Waals surface area contributed by atoms with Gasteiger partial charge in [0.25, 0.3) is 0 Å². The molecule has 0 radical (unpaired) electrons. The van der Waals surface area contributed by atoms with E-state index in [4.69, 9.17) is 0 Å².